The van der Waals surface area contributed by atoms with E-state index < -0.39 is 0 Å². The largest absolute Gasteiger partial charge is 0.311 e. The fourth-order valence-corrected chi connectivity index (χ4v) is 4.14. The molecule has 0 radical (unpaired) electrons. The number of piperazine rings is 1. The van der Waals surface area contributed by atoms with E-state index >= 15 is 0 Å². The number of hydrogen-bond acceptors (Lipinski definition) is 2. The Balaban J connectivity index is 1.94. The van der Waals surface area contributed by atoms with Crippen LogP contribution >= 0.6 is 0 Å². The van der Waals surface area contributed by atoms with Crippen LogP contribution in [0.5, 0.6) is 0 Å². The Morgan fingerprint density at radius 1 is 1.10 bits per heavy atom. The van der Waals surface area contributed by atoms with Crippen molar-refractivity contribution in [3.05, 3.63) is 0 Å². The van der Waals surface area contributed by atoms with E-state index in [0.717, 1.165) is 5.92 Å². The minimum absolute atomic E-state index is 0.510. The average molecular weight is 281 g/mol. The van der Waals surface area contributed by atoms with Gasteiger partial charge >= 0.3 is 0 Å². The van der Waals surface area contributed by atoms with Crippen molar-refractivity contribution in [2.45, 2.75) is 90.1 Å². The predicted molar refractivity (Wildman–Crippen MR) is 88.2 cm³/mol. The molecule has 1 N–H and O–H groups in total. The Hall–Kier alpha value is -0.0800. The summed E-state index contributed by atoms with van der Waals surface area (Å²) in [4.78, 5) is 2.89. The van der Waals surface area contributed by atoms with Crippen LogP contribution in [0.2, 0.25) is 0 Å². The molecule has 2 aliphatic rings. The van der Waals surface area contributed by atoms with Gasteiger partial charge in [-0.25, -0.2) is 0 Å². The lowest BCUT2D eigenvalue weighted by atomic mass is 9.77. The van der Waals surface area contributed by atoms with Gasteiger partial charge in [0.05, 0.1) is 0 Å². The van der Waals surface area contributed by atoms with Crippen molar-refractivity contribution < 1.29 is 0 Å². The van der Waals surface area contributed by atoms with Gasteiger partial charge in [0, 0.05) is 24.7 Å². The standard InChI is InChI=1S/C18H36N2/c1-4-5-6-10-13-20-14-17(16(2)3)19-15-18(20)11-8-7-9-12-18/h16-17,19H,4-15H2,1-3H3. The molecule has 0 amide bonds. The molecular formula is C18H36N2. The first-order valence-corrected chi connectivity index (χ1v) is 9.16. The first-order chi connectivity index (χ1) is 9.68. The van der Waals surface area contributed by atoms with Gasteiger partial charge in [-0.2, -0.15) is 0 Å². The lowest BCUT2D eigenvalue weighted by Crippen LogP contribution is -2.66. The first kappa shape index (κ1) is 16.3. The zero-order valence-corrected chi connectivity index (χ0v) is 14.1. The SMILES string of the molecule is CCCCCCN1CC(C(C)C)NCC12CCCCC2. The Bertz CT molecular complexity index is 269. The third kappa shape index (κ3) is 3.98. The van der Waals surface area contributed by atoms with Crippen molar-refractivity contribution >= 4 is 0 Å². The maximum absolute atomic E-state index is 3.87. The molecule has 1 aliphatic carbocycles. The van der Waals surface area contributed by atoms with Gasteiger partial charge in [0.25, 0.3) is 0 Å². The summed E-state index contributed by atoms with van der Waals surface area (Å²) in [6, 6.07) is 0.703. The van der Waals surface area contributed by atoms with Crippen molar-refractivity contribution in [1.29, 1.82) is 0 Å². The van der Waals surface area contributed by atoms with E-state index in [1.54, 1.807) is 0 Å². The van der Waals surface area contributed by atoms with Crippen molar-refractivity contribution in [2.24, 2.45) is 5.92 Å². The molecule has 1 spiro atoms. The van der Waals surface area contributed by atoms with Crippen LogP contribution in [-0.2, 0) is 0 Å². The quantitative estimate of drug-likeness (QED) is 0.734. The Morgan fingerprint density at radius 3 is 2.50 bits per heavy atom. The molecule has 1 saturated carbocycles. The molecule has 20 heavy (non-hydrogen) atoms. The molecule has 2 fully saturated rings. The second kappa shape index (κ2) is 7.79. The number of rotatable bonds is 6. The highest BCUT2D eigenvalue weighted by atomic mass is 15.3. The topological polar surface area (TPSA) is 15.3 Å². The minimum Gasteiger partial charge on any atom is -0.311 e. The van der Waals surface area contributed by atoms with E-state index in [-0.39, 0.29) is 0 Å². The third-order valence-corrected chi connectivity index (χ3v) is 5.65. The van der Waals surface area contributed by atoms with E-state index in [9.17, 15) is 0 Å². The number of unbranched alkanes of at least 4 members (excludes halogenated alkanes) is 3. The van der Waals surface area contributed by atoms with Gasteiger partial charge in [0.2, 0.25) is 0 Å². The average Bonchev–Trinajstić information content (AvgIpc) is 2.46. The third-order valence-electron chi connectivity index (χ3n) is 5.65. The van der Waals surface area contributed by atoms with Crippen LogP contribution in [0.1, 0.15) is 78.6 Å². The Kier molecular flexibility index (Phi) is 6.35. The summed E-state index contributed by atoms with van der Waals surface area (Å²) < 4.78 is 0. The molecular weight excluding hydrogens is 244 g/mol. The molecule has 2 nitrogen and oxygen atoms in total. The second-order valence-electron chi connectivity index (χ2n) is 7.52. The summed E-state index contributed by atoms with van der Waals surface area (Å²) in [5, 5.41) is 3.87. The summed E-state index contributed by atoms with van der Waals surface area (Å²) in [6.45, 7) is 10.9. The monoisotopic (exact) mass is 280 g/mol. The van der Waals surface area contributed by atoms with Gasteiger partial charge < -0.3 is 5.32 Å². The van der Waals surface area contributed by atoms with Crippen molar-refractivity contribution in [1.82, 2.24) is 10.2 Å². The summed E-state index contributed by atoms with van der Waals surface area (Å²) in [5.74, 6) is 0.758. The molecule has 1 atom stereocenters. The maximum atomic E-state index is 3.87. The molecule has 1 saturated heterocycles. The molecule has 0 aromatic carbocycles. The van der Waals surface area contributed by atoms with Crippen molar-refractivity contribution in [3.63, 3.8) is 0 Å². The summed E-state index contributed by atoms with van der Waals surface area (Å²) in [6.07, 6.45) is 12.8. The molecule has 118 valence electrons. The van der Waals surface area contributed by atoms with Crippen LogP contribution < -0.4 is 5.32 Å². The molecule has 0 bridgehead atoms. The van der Waals surface area contributed by atoms with Gasteiger partial charge in [0.15, 0.2) is 0 Å². The molecule has 0 aromatic heterocycles. The van der Waals surface area contributed by atoms with Gasteiger partial charge in [-0.3, -0.25) is 4.90 Å². The van der Waals surface area contributed by atoms with Crippen LogP contribution in [0, 0.1) is 5.92 Å². The summed E-state index contributed by atoms with van der Waals surface area (Å²) >= 11 is 0. The highest BCUT2D eigenvalue weighted by molar-refractivity contribution is 5.00. The zero-order chi connectivity index (χ0) is 14.4. The molecule has 2 rings (SSSR count). The van der Waals surface area contributed by atoms with E-state index in [1.165, 1.54) is 77.4 Å². The van der Waals surface area contributed by atoms with Crippen molar-refractivity contribution in [2.75, 3.05) is 19.6 Å². The predicted octanol–water partition coefficient (Wildman–Crippen LogP) is 4.20. The van der Waals surface area contributed by atoms with E-state index in [2.05, 4.69) is 31.0 Å². The maximum Gasteiger partial charge on any atom is 0.0334 e. The minimum atomic E-state index is 0.510. The second-order valence-corrected chi connectivity index (χ2v) is 7.52. The van der Waals surface area contributed by atoms with Crippen LogP contribution in [0.25, 0.3) is 0 Å². The first-order valence-electron chi connectivity index (χ1n) is 9.16. The zero-order valence-electron chi connectivity index (χ0n) is 14.1. The number of nitrogens with zero attached hydrogens (tertiary/aromatic N) is 1. The van der Waals surface area contributed by atoms with Gasteiger partial charge in [-0.1, -0.05) is 59.3 Å². The summed E-state index contributed by atoms with van der Waals surface area (Å²) in [7, 11) is 0. The van der Waals surface area contributed by atoms with Crippen LogP contribution in [0.3, 0.4) is 0 Å². The molecule has 0 aromatic rings. The highest BCUT2D eigenvalue weighted by Gasteiger charge is 2.42. The van der Waals surface area contributed by atoms with Crippen molar-refractivity contribution in [3.8, 4) is 0 Å². The lowest BCUT2D eigenvalue weighted by Gasteiger charge is -2.53. The molecule has 1 aliphatic heterocycles. The van der Waals surface area contributed by atoms with E-state index in [1.807, 2.05) is 0 Å². The van der Waals surface area contributed by atoms with Gasteiger partial charge in [-0.15, -0.1) is 0 Å². The smallest absolute Gasteiger partial charge is 0.0334 e. The fraction of sp³-hybridized carbons (Fsp3) is 1.00. The lowest BCUT2D eigenvalue weighted by molar-refractivity contribution is 0.00107. The Morgan fingerprint density at radius 2 is 1.85 bits per heavy atom. The normalized spacial score (nSPS) is 27.3. The number of hydrogen-bond donors (Lipinski definition) is 1. The summed E-state index contributed by atoms with van der Waals surface area (Å²) in [5.41, 5.74) is 0.510. The van der Waals surface area contributed by atoms with Crippen LogP contribution in [0.15, 0.2) is 0 Å². The van der Waals surface area contributed by atoms with E-state index in [4.69, 9.17) is 0 Å². The number of nitrogens with one attached hydrogen (secondary N) is 1. The Labute approximate surface area is 126 Å². The fourth-order valence-electron chi connectivity index (χ4n) is 4.14. The molecule has 2 heteroatoms. The molecule has 1 unspecified atom stereocenters. The van der Waals surface area contributed by atoms with Crippen LogP contribution in [0.4, 0.5) is 0 Å². The molecule has 1 heterocycles. The van der Waals surface area contributed by atoms with Gasteiger partial charge in [0.1, 0.15) is 0 Å². The highest BCUT2D eigenvalue weighted by Crippen LogP contribution is 2.36. The van der Waals surface area contributed by atoms with E-state index in [0.29, 0.717) is 11.6 Å². The van der Waals surface area contributed by atoms with Gasteiger partial charge in [-0.05, 0) is 31.7 Å². The van der Waals surface area contributed by atoms with Crippen LogP contribution in [-0.4, -0.2) is 36.1 Å².